The SMILES string of the molecule is Nc1ccc(Oc2cccc(C(=O)Nc3ccccc3)c2Oc2ccc(N)cc2)cc1. The van der Waals surface area contributed by atoms with Gasteiger partial charge in [0.1, 0.15) is 11.5 Å². The third-order valence-electron chi connectivity index (χ3n) is 4.46. The van der Waals surface area contributed by atoms with Gasteiger partial charge in [-0.15, -0.1) is 0 Å². The summed E-state index contributed by atoms with van der Waals surface area (Å²) < 4.78 is 12.1. The summed E-state index contributed by atoms with van der Waals surface area (Å²) in [5.74, 6) is 1.45. The molecule has 6 nitrogen and oxygen atoms in total. The molecule has 0 saturated carbocycles. The molecule has 0 aliphatic heterocycles. The summed E-state index contributed by atoms with van der Waals surface area (Å²) in [6.07, 6.45) is 0. The molecule has 1 amide bonds. The zero-order valence-corrected chi connectivity index (χ0v) is 16.6. The topological polar surface area (TPSA) is 99.6 Å². The molecule has 0 unspecified atom stereocenters. The number of carbonyl (C=O) groups excluding carboxylic acids is 1. The second kappa shape index (κ2) is 8.92. The third-order valence-corrected chi connectivity index (χ3v) is 4.46. The van der Waals surface area contributed by atoms with Crippen molar-refractivity contribution < 1.29 is 14.3 Å². The summed E-state index contributed by atoms with van der Waals surface area (Å²) in [5.41, 5.74) is 13.8. The number of para-hydroxylation sites is 2. The maximum absolute atomic E-state index is 13.0. The number of nitrogens with one attached hydrogen (secondary N) is 1. The normalized spacial score (nSPS) is 10.3. The van der Waals surface area contributed by atoms with E-state index in [1.807, 2.05) is 30.3 Å². The van der Waals surface area contributed by atoms with Crippen molar-refractivity contribution in [2.24, 2.45) is 0 Å². The molecule has 0 aliphatic rings. The average Bonchev–Trinajstić information content (AvgIpc) is 2.78. The summed E-state index contributed by atoms with van der Waals surface area (Å²) in [5, 5.41) is 2.88. The number of rotatable bonds is 6. The number of hydrogen-bond donors (Lipinski definition) is 3. The molecule has 6 heteroatoms. The van der Waals surface area contributed by atoms with Crippen molar-refractivity contribution in [1.82, 2.24) is 0 Å². The Morgan fingerprint density at radius 2 is 1.23 bits per heavy atom. The molecular formula is C25H21N3O3. The van der Waals surface area contributed by atoms with Gasteiger partial charge in [-0.2, -0.15) is 0 Å². The second-order valence-electron chi connectivity index (χ2n) is 6.80. The van der Waals surface area contributed by atoms with Gasteiger partial charge in [-0.3, -0.25) is 4.79 Å². The highest BCUT2D eigenvalue weighted by Crippen LogP contribution is 2.38. The maximum atomic E-state index is 13.0. The second-order valence-corrected chi connectivity index (χ2v) is 6.80. The van der Waals surface area contributed by atoms with Crippen molar-refractivity contribution in [2.75, 3.05) is 16.8 Å². The fourth-order valence-electron chi connectivity index (χ4n) is 2.92. The van der Waals surface area contributed by atoms with Crippen LogP contribution in [0.2, 0.25) is 0 Å². The number of nitrogens with two attached hydrogens (primary N) is 2. The summed E-state index contributed by atoms with van der Waals surface area (Å²) >= 11 is 0. The number of nitrogen functional groups attached to an aromatic ring is 2. The van der Waals surface area contributed by atoms with E-state index >= 15 is 0 Å². The minimum atomic E-state index is -0.320. The lowest BCUT2D eigenvalue weighted by Crippen LogP contribution is -2.13. The molecule has 4 rings (SSSR count). The van der Waals surface area contributed by atoms with Gasteiger partial charge in [-0.1, -0.05) is 24.3 Å². The van der Waals surface area contributed by atoms with E-state index in [1.54, 1.807) is 66.7 Å². The van der Waals surface area contributed by atoms with Crippen molar-refractivity contribution >= 4 is 23.0 Å². The lowest BCUT2D eigenvalue weighted by Gasteiger charge is -2.16. The van der Waals surface area contributed by atoms with Gasteiger partial charge >= 0.3 is 0 Å². The molecule has 4 aromatic rings. The first-order valence-corrected chi connectivity index (χ1v) is 9.65. The minimum Gasteiger partial charge on any atom is -0.453 e. The Balaban J connectivity index is 1.71. The van der Waals surface area contributed by atoms with Gasteiger partial charge in [-0.25, -0.2) is 0 Å². The Kier molecular flexibility index (Phi) is 5.71. The summed E-state index contributed by atoms with van der Waals surface area (Å²) in [7, 11) is 0. The monoisotopic (exact) mass is 411 g/mol. The molecule has 0 atom stereocenters. The van der Waals surface area contributed by atoms with Gasteiger partial charge in [0.05, 0.1) is 5.56 Å². The Morgan fingerprint density at radius 3 is 1.84 bits per heavy atom. The molecule has 31 heavy (non-hydrogen) atoms. The maximum Gasteiger partial charge on any atom is 0.259 e. The molecule has 4 aromatic carbocycles. The summed E-state index contributed by atoms with van der Waals surface area (Å²) in [6.45, 7) is 0. The molecule has 5 N–H and O–H groups in total. The van der Waals surface area contributed by atoms with E-state index in [2.05, 4.69) is 5.32 Å². The van der Waals surface area contributed by atoms with Crippen molar-refractivity contribution in [1.29, 1.82) is 0 Å². The van der Waals surface area contributed by atoms with Gasteiger partial charge < -0.3 is 26.3 Å². The van der Waals surface area contributed by atoms with Crippen molar-refractivity contribution in [3.8, 4) is 23.0 Å². The quantitative estimate of drug-likeness (QED) is 0.354. The number of carbonyl (C=O) groups is 1. The van der Waals surface area contributed by atoms with E-state index in [0.717, 1.165) is 0 Å². The third kappa shape index (κ3) is 4.94. The Bertz CT molecular complexity index is 1180. The number of benzene rings is 4. The Morgan fingerprint density at radius 1 is 0.645 bits per heavy atom. The zero-order valence-electron chi connectivity index (χ0n) is 16.6. The molecule has 0 spiro atoms. The summed E-state index contributed by atoms with van der Waals surface area (Å²) in [4.78, 5) is 13.0. The number of amides is 1. The average molecular weight is 411 g/mol. The molecule has 0 bridgehead atoms. The molecule has 0 saturated heterocycles. The van der Waals surface area contributed by atoms with Gasteiger partial charge in [0.2, 0.25) is 0 Å². The highest BCUT2D eigenvalue weighted by molar-refractivity contribution is 6.06. The van der Waals surface area contributed by atoms with Crippen LogP contribution in [-0.2, 0) is 0 Å². The molecule has 0 aromatic heterocycles. The number of anilines is 3. The van der Waals surface area contributed by atoms with Crippen LogP contribution in [0.15, 0.2) is 97.1 Å². The van der Waals surface area contributed by atoms with Crippen LogP contribution >= 0.6 is 0 Å². The van der Waals surface area contributed by atoms with E-state index < -0.39 is 0 Å². The van der Waals surface area contributed by atoms with Crippen LogP contribution in [0.5, 0.6) is 23.0 Å². The van der Waals surface area contributed by atoms with E-state index in [1.165, 1.54) is 0 Å². The van der Waals surface area contributed by atoms with Crippen LogP contribution in [0.1, 0.15) is 10.4 Å². The Hall–Kier alpha value is -4.45. The van der Waals surface area contributed by atoms with Crippen LogP contribution < -0.4 is 26.3 Å². The van der Waals surface area contributed by atoms with Crippen LogP contribution in [-0.4, -0.2) is 5.91 Å². The lowest BCUT2D eigenvalue weighted by atomic mass is 10.1. The first-order valence-electron chi connectivity index (χ1n) is 9.65. The molecule has 154 valence electrons. The molecule has 0 aliphatic carbocycles. The van der Waals surface area contributed by atoms with Gasteiger partial charge in [-0.05, 0) is 72.8 Å². The fraction of sp³-hybridized carbons (Fsp3) is 0. The first kappa shape index (κ1) is 19.8. The molecular weight excluding hydrogens is 390 g/mol. The van der Waals surface area contributed by atoms with E-state index in [0.29, 0.717) is 39.9 Å². The van der Waals surface area contributed by atoms with E-state index in [4.69, 9.17) is 20.9 Å². The standard InChI is InChI=1S/C25H21N3O3/c26-17-9-13-20(14-10-17)30-23-8-4-7-22(25(29)28-19-5-2-1-3-6-19)24(23)31-21-15-11-18(27)12-16-21/h1-16H,26-27H2,(H,28,29). The lowest BCUT2D eigenvalue weighted by molar-refractivity contribution is 0.102. The van der Waals surface area contributed by atoms with Crippen LogP contribution in [0.3, 0.4) is 0 Å². The fourth-order valence-corrected chi connectivity index (χ4v) is 2.92. The first-order chi connectivity index (χ1) is 15.1. The largest absolute Gasteiger partial charge is 0.453 e. The van der Waals surface area contributed by atoms with E-state index in [9.17, 15) is 4.79 Å². The highest BCUT2D eigenvalue weighted by Gasteiger charge is 2.19. The molecule has 0 fully saturated rings. The van der Waals surface area contributed by atoms with Crippen molar-refractivity contribution in [2.45, 2.75) is 0 Å². The van der Waals surface area contributed by atoms with Gasteiger partial charge in [0.25, 0.3) is 5.91 Å². The number of hydrogen-bond acceptors (Lipinski definition) is 5. The van der Waals surface area contributed by atoms with Crippen LogP contribution in [0.25, 0.3) is 0 Å². The zero-order chi connectivity index (χ0) is 21.6. The smallest absolute Gasteiger partial charge is 0.259 e. The van der Waals surface area contributed by atoms with Crippen LogP contribution in [0.4, 0.5) is 17.1 Å². The Labute approximate surface area is 180 Å². The van der Waals surface area contributed by atoms with Gasteiger partial charge in [0, 0.05) is 17.1 Å². The predicted octanol–water partition coefficient (Wildman–Crippen LogP) is 5.69. The predicted molar refractivity (Wildman–Crippen MR) is 123 cm³/mol. The van der Waals surface area contributed by atoms with Gasteiger partial charge in [0.15, 0.2) is 11.5 Å². The van der Waals surface area contributed by atoms with E-state index in [-0.39, 0.29) is 11.7 Å². The minimum absolute atomic E-state index is 0.289. The molecule has 0 heterocycles. The van der Waals surface area contributed by atoms with Crippen molar-refractivity contribution in [3.63, 3.8) is 0 Å². The molecule has 0 radical (unpaired) electrons. The van der Waals surface area contributed by atoms with Crippen LogP contribution in [0, 0.1) is 0 Å². The van der Waals surface area contributed by atoms with Crippen molar-refractivity contribution in [3.05, 3.63) is 103 Å². The summed E-state index contributed by atoms with van der Waals surface area (Å²) in [6, 6.07) is 28.2. The number of ether oxygens (including phenoxy) is 2. The highest BCUT2D eigenvalue weighted by atomic mass is 16.5.